The molecule has 0 N–H and O–H groups in total. The molecule has 2 aromatic heterocycles. The highest BCUT2D eigenvalue weighted by Crippen LogP contribution is 2.47. The summed E-state index contributed by atoms with van der Waals surface area (Å²) in [6.45, 7) is 8.51. The lowest BCUT2D eigenvalue weighted by molar-refractivity contribution is 1.37. The Kier molecular flexibility index (Phi) is 1.97. The maximum absolute atomic E-state index is 4.90. The van der Waals surface area contributed by atoms with Crippen LogP contribution < -0.4 is 0 Å². The Balaban J connectivity index is 1.88. The van der Waals surface area contributed by atoms with Crippen molar-refractivity contribution in [2.24, 2.45) is 0 Å². The molecule has 0 aliphatic heterocycles. The summed E-state index contributed by atoms with van der Waals surface area (Å²) in [6, 6.07) is 8.96. The molecule has 0 bridgehead atoms. The van der Waals surface area contributed by atoms with E-state index >= 15 is 0 Å². The summed E-state index contributed by atoms with van der Waals surface area (Å²) >= 11 is 0. The molecular weight excluding hydrogens is 316 g/mol. The minimum absolute atomic E-state index is 0.921. The van der Waals surface area contributed by atoms with Gasteiger partial charge in [0.15, 0.2) is 0 Å². The monoisotopic (exact) mass is 330 g/mol. The van der Waals surface area contributed by atoms with E-state index in [-0.39, 0.29) is 0 Å². The molecule has 0 saturated carbocycles. The standard InChI is InChI=1S/C24H14N2/c1-11-7-13-3-5-15-21-19(13)17(11)9-25-23(21)16-6-4-14-8-12(2)18-10-26-24(15)22(16)20(14)18/h3-6,9-10H,1-2,7-8H2. The van der Waals surface area contributed by atoms with Crippen molar-refractivity contribution in [2.45, 2.75) is 12.8 Å². The van der Waals surface area contributed by atoms with Gasteiger partial charge in [-0.05, 0) is 45.9 Å². The van der Waals surface area contributed by atoms with Crippen molar-refractivity contribution >= 4 is 54.5 Å². The Labute approximate surface area is 149 Å². The highest BCUT2D eigenvalue weighted by molar-refractivity contribution is 6.33. The maximum Gasteiger partial charge on any atom is 0.0794 e. The molecule has 0 atom stereocenters. The Morgan fingerprint density at radius 2 is 1.08 bits per heavy atom. The van der Waals surface area contributed by atoms with Crippen LogP contribution in [0.4, 0.5) is 0 Å². The number of nitrogens with zero attached hydrogens (tertiary/aromatic N) is 2. The van der Waals surface area contributed by atoms with Gasteiger partial charge in [-0.2, -0.15) is 0 Å². The normalized spacial score (nSPS) is 15.5. The fraction of sp³-hybridized carbons (Fsp3) is 0.0833. The molecule has 7 rings (SSSR count). The quantitative estimate of drug-likeness (QED) is 0.270. The number of benzene rings is 3. The third kappa shape index (κ3) is 1.24. The predicted octanol–water partition coefficient (Wildman–Crippen LogP) is 5.67. The first-order chi connectivity index (χ1) is 12.7. The minimum Gasteiger partial charge on any atom is -0.255 e. The fourth-order valence-electron chi connectivity index (χ4n) is 5.20. The summed E-state index contributed by atoms with van der Waals surface area (Å²) in [6.07, 6.45) is 5.87. The lowest BCUT2D eigenvalue weighted by Crippen LogP contribution is -1.94. The van der Waals surface area contributed by atoms with Crippen LogP contribution in [-0.4, -0.2) is 9.97 Å². The first kappa shape index (κ1) is 13.0. The second kappa shape index (κ2) is 3.94. The highest BCUT2D eigenvalue weighted by Gasteiger charge is 2.26. The van der Waals surface area contributed by atoms with Gasteiger partial charge in [0.25, 0.3) is 0 Å². The zero-order valence-electron chi connectivity index (χ0n) is 14.2. The van der Waals surface area contributed by atoms with Crippen molar-refractivity contribution in [3.05, 3.63) is 72.1 Å². The molecule has 0 spiro atoms. The van der Waals surface area contributed by atoms with Gasteiger partial charge in [0.1, 0.15) is 0 Å². The van der Waals surface area contributed by atoms with Gasteiger partial charge in [0.05, 0.1) is 11.0 Å². The van der Waals surface area contributed by atoms with E-state index in [0.717, 1.165) is 23.9 Å². The number of fused-ring (bicyclic) bond motifs is 2. The van der Waals surface area contributed by atoms with Gasteiger partial charge in [0.2, 0.25) is 0 Å². The first-order valence-corrected chi connectivity index (χ1v) is 8.98. The Morgan fingerprint density at radius 1 is 0.615 bits per heavy atom. The molecule has 2 nitrogen and oxygen atoms in total. The van der Waals surface area contributed by atoms with Crippen LogP contribution >= 0.6 is 0 Å². The van der Waals surface area contributed by atoms with Crippen LogP contribution in [0, 0.1) is 0 Å². The molecule has 2 aliphatic carbocycles. The number of allylic oxidation sites excluding steroid dienone is 2. The van der Waals surface area contributed by atoms with Gasteiger partial charge in [-0.3, -0.25) is 9.97 Å². The summed E-state index contributed by atoms with van der Waals surface area (Å²) in [5.41, 5.74) is 9.63. The molecule has 0 fully saturated rings. The molecule has 2 heterocycles. The highest BCUT2D eigenvalue weighted by atomic mass is 14.7. The predicted molar refractivity (Wildman–Crippen MR) is 109 cm³/mol. The molecule has 0 saturated heterocycles. The van der Waals surface area contributed by atoms with Crippen molar-refractivity contribution < 1.29 is 0 Å². The molecule has 5 aromatic rings. The van der Waals surface area contributed by atoms with E-state index in [1.807, 2.05) is 12.4 Å². The Hall–Kier alpha value is -3.26. The van der Waals surface area contributed by atoms with E-state index in [4.69, 9.17) is 9.97 Å². The van der Waals surface area contributed by atoms with E-state index in [1.54, 1.807) is 0 Å². The van der Waals surface area contributed by atoms with Crippen molar-refractivity contribution in [1.82, 2.24) is 9.97 Å². The zero-order valence-corrected chi connectivity index (χ0v) is 14.2. The summed E-state index contributed by atoms with van der Waals surface area (Å²) in [7, 11) is 0. The van der Waals surface area contributed by atoms with Crippen LogP contribution in [0.2, 0.25) is 0 Å². The van der Waals surface area contributed by atoms with E-state index in [0.29, 0.717) is 0 Å². The van der Waals surface area contributed by atoms with Crippen LogP contribution in [-0.2, 0) is 12.8 Å². The molecule has 0 radical (unpaired) electrons. The Morgan fingerprint density at radius 3 is 1.54 bits per heavy atom. The number of aromatic nitrogens is 2. The Bertz CT molecular complexity index is 1370. The molecular formula is C24H14N2. The van der Waals surface area contributed by atoms with Gasteiger partial charge in [-0.1, -0.05) is 37.4 Å². The molecule has 2 aliphatic rings. The van der Waals surface area contributed by atoms with Gasteiger partial charge < -0.3 is 0 Å². The lowest BCUT2D eigenvalue weighted by atomic mass is 9.92. The number of rotatable bonds is 0. The van der Waals surface area contributed by atoms with E-state index < -0.39 is 0 Å². The van der Waals surface area contributed by atoms with Crippen LogP contribution in [0.3, 0.4) is 0 Å². The number of hydrogen-bond acceptors (Lipinski definition) is 2. The largest absolute Gasteiger partial charge is 0.255 e. The third-order valence-electron chi connectivity index (χ3n) is 6.32. The zero-order chi connectivity index (χ0) is 17.2. The number of hydrogen-bond donors (Lipinski definition) is 0. The molecule has 0 unspecified atom stereocenters. The fourth-order valence-corrected chi connectivity index (χ4v) is 5.20. The average molecular weight is 330 g/mol. The first-order valence-electron chi connectivity index (χ1n) is 8.98. The topological polar surface area (TPSA) is 25.8 Å². The lowest BCUT2D eigenvalue weighted by Gasteiger charge is -2.15. The van der Waals surface area contributed by atoms with Gasteiger partial charge in [-0.15, -0.1) is 0 Å². The van der Waals surface area contributed by atoms with Crippen molar-refractivity contribution in [1.29, 1.82) is 0 Å². The van der Waals surface area contributed by atoms with Gasteiger partial charge >= 0.3 is 0 Å². The molecule has 0 amide bonds. The smallest absolute Gasteiger partial charge is 0.0794 e. The summed E-state index contributed by atoms with van der Waals surface area (Å²) < 4.78 is 0. The molecule has 3 aromatic carbocycles. The van der Waals surface area contributed by atoms with Crippen molar-refractivity contribution in [3.8, 4) is 0 Å². The van der Waals surface area contributed by atoms with Crippen LogP contribution in [0.1, 0.15) is 22.3 Å². The summed E-state index contributed by atoms with van der Waals surface area (Å²) in [4.78, 5) is 9.81. The summed E-state index contributed by atoms with van der Waals surface area (Å²) in [5.74, 6) is 0. The average Bonchev–Trinajstić information content (AvgIpc) is 3.16. The maximum atomic E-state index is 4.90. The molecule has 120 valence electrons. The van der Waals surface area contributed by atoms with E-state index in [1.165, 1.54) is 65.7 Å². The van der Waals surface area contributed by atoms with Gasteiger partial charge in [-0.25, -0.2) is 0 Å². The SMILES string of the molecule is C=C1Cc2ccc3c4ncc5c6c(ccc(c7ncc1c2c37)c64)CC5=C. The van der Waals surface area contributed by atoms with Crippen LogP contribution in [0.25, 0.3) is 54.5 Å². The van der Waals surface area contributed by atoms with E-state index in [9.17, 15) is 0 Å². The summed E-state index contributed by atoms with van der Waals surface area (Å²) in [5, 5.41) is 7.56. The van der Waals surface area contributed by atoms with Crippen molar-refractivity contribution in [3.63, 3.8) is 0 Å². The molecule has 2 heteroatoms. The second-order valence-electron chi connectivity index (χ2n) is 7.65. The van der Waals surface area contributed by atoms with Crippen molar-refractivity contribution in [2.75, 3.05) is 0 Å². The van der Waals surface area contributed by atoms with Gasteiger partial charge in [0, 0.05) is 45.1 Å². The van der Waals surface area contributed by atoms with E-state index in [2.05, 4.69) is 37.4 Å². The van der Waals surface area contributed by atoms with Crippen LogP contribution in [0.15, 0.2) is 49.8 Å². The minimum atomic E-state index is 0.921. The molecule has 26 heavy (non-hydrogen) atoms. The third-order valence-corrected chi connectivity index (χ3v) is 6.32. The van der Waals surface area contributed by atoms with Crippen LogP contribution in [0.5, 0.6) is 0 Å². The number of pyridine rings is 2. The second-order valence-corrected chi connectivity index (χ2v) is 7.65.